The van der Waals surface area contributed by atoms with E-state index in [1.165, 1.54) is 17.7 Å². The highest BCUT2D eigenvalue weighted by molar-refractivity contribution is 5.85. The lowest BCUT2D eigenvalue weighted by atomic mass is 10.1. The fourth-order valence-corrected chi connectivity index (χ4v) is 2.05. The summed E-state index contributed by atoms with van der Waals surface area (Å²) in [6.45, 7) is 1.80. The van der Waals surface area contributed by atoms with Crippen LogP contribution in [0.4, 0.5) is 10.1 Å². The number of nitrogens with two attached hydrogens (primary N) is 1. The van der Waals surface area contributed by atoms with Crippen LogP contribution in [0, 0.1) is 5.82 Å². The maximum Gasteiger partial charge on any atom is 0.123 e. The number of anilines is 1. The second-order valence-electron chi connectivity index (χ2n) is 4.86. The average Bonchev–Trinajstić information content (AvgIpc) is 2.38. The third-order valence-corrected chi connectivity index (χ3v) is 3.10. The van der Waals surface area contributed by atoms with Gasteiger partial charge in [0.15, 0.2) is 0 Å². The van der Waals surface area contributed by atoms with Gasteiger partial charge in [0.1, 0.15) is 5.82 Å². The SMILES string of the molecule is CN(CCc1ccc(F)cc1)Cc1cccc(N)c1.Cl. The summed E-state index contributed by atoms with van der Waals surface area (Å²) in [6.07, 6.45) is 0.916. The maximum atomic E-state index is 12.8. The van der Waals surface area contributed by atoms with Crippen LogP contribution in [0.5, 0.6) is 0 Å². The Labute approximate surface area is 125 Å². The van der Waals surface area contributed by atoms with Crippen LogP contribution in [0.3, 0.4) is 0 Å². The highest BCUT2D eigenvalue weighted by atomic mass is 35.5. The van der Waals surface area contributed by atoms with Crippen molar-refractivity contribution in [3.05, 3.63) is 65.5 Å². The summed E-state index contributed by atoms with van der Waals surface area (Å²) >= 11 is 0. The van der Waals surface area contributed by atoms with E-state index < -0.39 is 0 Å². The van der Waals surface area contributed by atoms with E-state index in [4.69, 9.17) is 5.73 Å². The predicted molar refractivity (Wildman–Crippen MR) is 84.5 cm³/mol. The first-order chi connectivity index (χ1) is 9.13. The Morgan fingerprint density at radius 3 is 2.40 bits per heavy atom. The lowest BCUT2D eigenvalue weighted by molar-refractivity contribution is 0.331. The van der Waals surface area contributed by atoms with E-state index in [1.807, 2.05) is 30.3 Å². The van der Waals surface area contributed by atoms with Gasteiger partial charge in [0.05, 0.1) is 0 Å². The fraction of sp³-hybridized carbons (Fsp3) is 0.250. The van der Waals surface area contributed by atoms with Crippen LogP contribution in [0.15, 0.2) is 48.5 Å². The summed E-state index contributed by atoms with van der Waals surface area (Å²) < 4.78 is 12.8. The zero-order valence-corrected chi connectivity index (χ0v) is 12.4. The third kappa shape index (κ3) is 5.19. The van der Waals surface area contributed by atoms with Crippen LogP contribution in [0.1, 0.15) is 11.1 Å². The zero-order chi connectivity index (χ0) is 13.7. The van der Waals surface area contributed by atoms with Gasteiger partial charge in [-0.3, -0.25) is 0 Å². The summed E-state index contributed by atoms with van der Waals surface area (Å²) in [5, 5.41) is 0. The van der Waals surface area contributed by atoms with Gasteiger partial charge in [-0.05, 0) is 48.9 Å². The molecule has 0 aliphatic heterocycles. The molecule has 0 unspecified atom stereocenters. The number of hydrogen-bond donors (Lipinski definition) is 1. The Kier molecular flexibility index (Phi) is 6.49. The maximum absolute atomic E-state index is 12.8. The minimum absolute atomic E-state index is 0. The highest BCUT2D eigenvalue weighted by Gasteiger charge is 2.02. The lowest BCUT2D eigenvalue weighted by Crippen LogP contribution is -2.20. The van der Waals surface area contributed by atoms with E-state index >= 15 is 0 Å². The molecular weight excluding hydrogens is 275 g/mol. The molecule has 0 aliphatic rings. The average molecular weight is 295 g/mol. The molecule has 0 spiro atoms. The van der Waals surface area contributed by atoms with Crippen LogP contribution in [-0.2, 0) is 13.0 Å². The van der Waals surface area contributed by atoms with Crippen LogP contribution in [-0.4, -0.2) is 18.5 Å². The number of nitrogen functional groups attached to an aromatic ring is 1. The molecule has 0 saturated heterocycles. The topological polar surface area (TPSA) is 29.3 Å². The van der Waals surface area contributed by atoms with Crippen molar-refractivity contribution in [2.45, 2.75) is 13.0 Å². The van der Waals surface area contributed by atoms with Crippen molar-refractivity contribution in [3.63, 3.8) is 0 Å². The Morgan fingerprint density at radius 1 is 1.05 bits per heavy atom. The first-order valence-corrected chi connectivity index (χ1v) is 6.41. The monoisotopic (exact) mass is 294 g/mol. The first-order valence-electron chi connectivity index (χ1n) is 6.41. The minimum atomic E-state index is -0.183. The molecule has 0 amide bonds. The molecular formula is C16H20ClFN2. The minimum Gasteiger partial charge on any atom is -0.399 e. The Hall–Kier alpha value is -1.58. The van der Waals surface area contributed by atoms with Crippen molar-refractivity contribution >= 4 is 18.1 Å². The Balaban J connectivity index is 0.00000200. The van der Waals surface area contributed by atoms with Gasteiger partial charge in [-0.1, -0.05) is 24.3 Å². The van der Waals surface area contributed by atoms with Gasteiger partial charge in [-0.25, -0.2) is 4.39 Å². The molecule has 0 radical (unpaired) electrons. The number of rotatable bonds is 5. The van der Waals surface area contributed by atoms with Gasteiger partial charge >= 0.3 is 0 Å². The van der Waals surface area contributed by atoms with Gasteiger partial charge in [0.2, 0.25) is 0 Å². The number of nitrogens with zero attached hydrogens (tertiary/aromatic N) is 1. The number of halogens is 2. The molecule has 2 aromatic carbocycles. The lowest BCUT2D eigenvalue weighted by Gasteiger charge is -2.17. The van der Waals surface area contributed by atoms with E-state index in [2.05, 4.69) is 18.0 Å². The predicted octanol–water partition coefficient (Wildman–Crippen LogP) is 3.50. The normalized spacial score (nSPS) is 10.3. The van der Waals surface area contributed by atoms with Crippen LogP contribution in [0.2, 0.25) is 0 Å². The molecule has 2 nitrogen and oxygen atoms in total. The molecule has 0 aromatic heterocycles. The largest absolute Gasteiger partial charge is 0.399 e. The highest BCUT2D eigenvalue weighted by Crippen LogP contribution is 2.10. The second-order valence-corrected chi connectivity index (χ2v) is 4.86. The molecule has 108 valence electrons. The van der Waals surface area contributed by atoms with E-state index in [0.717, 1.165) is 30.8 Å². The van der Waals surface area contributed by atoms with Gasteiger partial charge < -0.3 is 10.6 Å². The molecule has 0 heterocycles. The molecule has 2 rings (SSSR count). The van der Waals surface area contributed by atoms with Crippen LogP contribution >= 0.6 is 12.4 Å². The van der Waals surface area contributed by atoms with Crippen molar-refractivity contribution in [2.75, 3.05) is 19.3 Å². The summed E-state index contributed by atoms with van der Waals surface area (Å²) in [6, 6.07) is 14.6. The molecule has 0 atom stereocenters. The van der Waals surface area contributed by atoms with E-state index in [0.29, 0.717) is 0 Å². The summed E-state index contributed by atoms with van der Waals surface area (Å²) in [7, 11) is 2.08. The number of hydrogen-bond acceptors (Lipinski definition) is 2. The van der Waals surface area contributed by atoms with Crippen LogP contribution < -0.4 is 5.73 Å². The second kappa shape index (κ2) is 7.88. The van der Waals surface area contributed by atoms with Crippen molar-refractivity contribution in [2.24, 2.45) is 0 Å². The van der Waals surface area contributed by atoms with Gasteiger partial charge in [0.25, 0.3) is 0 Å². The van der Waals surface area contributed by atoms with Crippen LogP contribution in [0.25, 0.3) is 0 Å². The summed E-state index contributed by atoms with van der Waals surface area (Å²) in [5.74, 6) is -0.183. The third-order valence-electron chi connectivity index (χ3n) is 3.10. The summed E-state index contributed by atoms with van der Waals surface area (Å²) in [5.41, 5.74) is 8.92. The van der Waals surface area contributed by atoms with Crippen molar-refractivity contribution in [3.8, 4) is 0 Å². The molecule has 0 bridgehead atoms. The van der Waals surface area contributed by atoms with E-state index in [9.17, 15) is 4.39 Å². The molecule has 0 fully saturated rings. The molecule has 2 N–H and O–H groups in total. The van der Waals surface area contributed by atoms with E-state index in [-0.39, 0.29) is 18.2 Å². The zero-order valence-electron chi connectivity index (χ0n) is 11.6. The standard InChI is InChI=1S/C16H19FN2.ClH/c1-19(12-14-3-2-4-16(18)11-14)10-9-13-5-7-15(17)8-6-13;/h2-8,11H,9-10,12,18H2,1H3;1H. The van der Waals surface area contributed by atoms with Gasteiger partial charge in [-0.2, -0.15) is 0 Å². The van der Waals surface area contributed by atoms with Crippen molar-refractivity contribution < 1.29 is 4.39 Å². The van der Waals surface area contributed by atoms with Crippen molar-refractivity contribution in [1.29, 1.82) is 0 Å². The van der Waals surface area contributed by atoms with Gasteiger partial charge in [0, 0.05) is 18.8 Å². The Morgan fingerprint density at radius 2 is 1.75 bits per heavy atom. The molecule has 20 heavy (non-hydrogen) atoms. The molecule has 0 aliphatic carbocycles. The Bertz CT molecular complexity index is 528. The quantitative estimate of drug-likeness (QED) is 0.855. The van der Waals surface area contributed by atoms with Gasteiger partial charge in [-0.15, -0.1) is 12.4 Å². The fourth-order valence-electron chi connectivity index (χ4n) is 2.05. The molecule has 2 aromatic rings. The first kappa shape index (κ1) is 16.5. The summed E-state index contributed by atoms with van der Waals surface area (Å²) in [4.78, 5) is 2.23. The number of benzene rings is 2. The smallest absolute Gasteiger partial charge is 0.123 e. The van der Waals surface area contributed by atoms with E-state index in [1.54, 1.807) is 0 Å². The molecule has 0 saturated carbocycles. The molecule has 4 heteroatoms. The number of likely N-dealkylation sites (N-methyl/N-ethyl adjacent to an activating group) is 1. The van der Waals surface area contributed by atoms with Crippen molar-refractivity contribution in [1.82, 2.24) is 4.90 Å².